The van der Waals surface area contributed by atoms with Gasteiger partial charge in [0.15, 0.2) is 0 Å². The van der Waals surface area contributed by atoms with Crippen LogP contribution in [-0.2, 0) is 9.53 Å². The molecule has 0 saturated carbocycles. The van der Waals surface area contributed by atoms with Crippen LogP contribution in [0.15, 0.2) is 35.9 Å². The van der Waals surface area contributed by atoms with Gasteiger partial charge in [0.2, 0.25) is 0 Å². The largest absolute Gasteiger partial charge is 0.453 e. The topological polar surface area (TPSA) is 26.3 Å². The average Bonchev–Trinajstić information content (AvgIpc) is 2.26. The molecular formula is C13H13ClO2. The number of carbonyl (C=O) groups excluding carboxylic acids is 1. The number of hydrogen-bond donors (Lipinski definition) is 0. The van der Waals surface area contributed by atoms with E-state index in [4.69, 9.17) is 16.3 Å². The van der Waals surface area contributed by atoms with E-state index in [1.807, 2.05) is 44.2 Å². The standard InChI is InChI=1S/C13H13ClO2/c1-8(2)12-10(13(15)16-12)11(14)9-6-4-3-5-7-9/h3-8,12H,1-2H3/b11-10-/t12-/m0/s1. The second-order valence-electron chi connectivity index (χ2n) is 4.16. The number of esters is 1. The van der Waals surface area contributed by atoms with Gasteiger partial charge in [-0.1, -0.05) is 55.8 Å². The third-order valence-electron chi connectivity index (χ3n) is 2.61. The van der Waals surface area contributed by atoms with Crippen LogP contribution in [-0.4, -0.2) is 12.1 Å². The SMILES string of the molecule is CC(C)[C@@H]1OC(=O)/C1=C(\Cl)c1ccccc1. The van der Waals surface area contributed by atoms with Gasteiger partial charge in [-0.15, -0.1) is 0 Å². The van der Waals surface area contributed by atoms with E-state index in [-0.39, 0.29) is 18.0 Å². The minimum atomic E-state index is -0.299. The molecule has 2 nitrogen and oxygen atoms in total. The van der Waals surface area contributed by atoms with Crippen LogP contribution < -0.4 is 0 Å². The van der Waals surface area contributed by atoms with E-state index in [0.29, 0.717) is 10.6 Å². The maximum Gasteiger partial charge on any atom is 0.339 e. The van der Waals surface area contributed by atoms with Crippen molar-refractivity contribution in [3.05, 3.63) is 41.5 Å². The number of halogens is 1. The second-order valence-corrected chi connectivity index (χ2v) is 4.54. The molecule has 0 aliphatic carbocycles. The Morgan fingerprint density at radius 1 is 1.31 bits per heavy atom. The summed E-state index contributed by atoms with van der Waals surface area (Å²) in [7, 11) is 0. The van der Waals surface area contributed by atoms with Crippen LogP contribution in [0, 0.1) is 5.92 Å². The second kappa shape index (κ2) is 4.30. The maximum atomic E-state index is 11.4. The van der Waals surface area contributed by atoms with Gasteiger partial charge in [0.1, 0.15) is 6.10 Å². The third kappa shape index (κ3) is 1.85. The van der Waals surface area contributed by atoms with Crippen LogP contribution in [0.4, 0.5) is 0 Å². The van der Waals surface area contributed by atoms with E-state index < -0.39 is 0 Å². The zero-order chi connectivity index (χ0) is 11.7. The molecule has 0 unspecified atom stereocenters. The highest BCUT2D eigenvalue weighted by molar-refractivity contribution is 6.51. The summed E-state index contributed by atoms with van der Waals surface area (Å²) in [5.74, 6) is -0.0438. The summed E-state index contributed by atoms with van der Waals surface area (Å²) in [6.45, 7) is 4.01. The fourth-order valence-electron chi connectivity index (χ4n) is 1.72. The predicted octanol–water partition coefficient (Wildman–Crippen LogP) is 3.22. The smallest absolute Gasteiger partial charge is 0.339 e. The van der Waals surface area contributed by atoms with E-state index in [9.17, 15) is 4.79 Å². The monoisotopic (exact) mass is 236 g/mol. The summed E-state index contributed by atoms with van der Waals surface area (Å²) in [5, 5.41) is 0.510. The van der Waals surface area contributed by atoms with Crippen molar-refractivity contribution in [2.45, 2.75) is 20.0 Å². The van der Waals surface area contributed by atoms with Crippen LogP contribution in [0.25, 0.3) is 5.03 Å². The summed E-state index contributed by atoms with van der Waals surface area (Å²) >= 11 is 6.22. The molecule has 3 heteroatoms. The quantitative estimate of drug-likeness (QED) is 0.582. The Labute approximate surface area is 99.9 Å². The summed E-state index contributed by atoms with van der Waals surface area (Å²) in [5.41, 5.74) is 1.46. The fraction of sp³-hybridized carbons (Fsp3) is 0.308. The minimum Gasteiger partial charge on any atom is -0.453 e. The zero-order valence-corrected chi connectivity index (χ0v) is 9.99. The lowest BCUT2D eigenvalue weighted by Crippen LogP contribution is -2.40. The van der Waals surface area contributed by atoms with Crippen molar-refractivity contribution >= 4 is 22.6 Å². The molecule has 1 atom stereocenters. The molecule has 84 valence electrons. The van der Waals surface area contributed by atoms with Crippen LogP contribution in [0.3, 0.4) is 0 Å². The van der Waals surface area contributed by atoms with Gasteiger partial charge in [0.05, 0.1) is 10.6 Å². The van der Waals surface area contributed by atoms with Gasteiger partial charge in [-0.25, -0.2) is 4.79 Å². The van der Waals surface area contributed by atoms with Crippen molar-refractivity contribution < 1.29 is 9.53 Å². The Kier molecular flexibility index (Phi) is 3.01. The molecule has 0 spiro atoms. The predicted molar refractivity (Wildman–Crippen MR) is 63.9 cm³/mol. The summed E-state index contributed by atoms with van der Waals surface area (Å²) in [6, 6.07) is 9.48. The average molecular weight is 237 g/mol. The molecule has 2 rings (SSSR count). The Morgan fingerprint density at radius 2 is 1.94 bits per heavy atom. The molecule has 1 saturated heterocycles. The highest BCUT2D eigenvalue weighted by Gasteiger charge is 2.40. The molecule has 0 radical (unpaired) electrons. The van der Waals surface area contributed by atoms with Gasteiger partial charge in [-0.3, -0.25) is 0 Å². The summed E-state index contributed by atoms with van der Waals surface area (Å²) < 4.78 is 5.07. The minimum absolute atomic E-state index is 0.166. The Hall–Kier alpha value is -1.28. The van der Waals surface area contributed by atoms with E-state index in [1.165, 1.54) is 0 Å². The van der Waals surface area contributed by atoms with Crippen LogP contribution >= 0.6 is 11.6 Å². The van der Waals surface area contributed by atoms with Gasteiger partial charge in [0, 0.05) is 0 Å². The molecule has 1 fully saturated rings. The molecule has 0 aromatic heterocycles. The Morgan fingerprint density at radius 3 is 2.44 bits per heavy atom. The van der Waals surface area contributed by atoms with Crippen molar-refractivity contribution in [1.29, 1.82) is 0 Å². The van der Waals surface area contributed by atoms with Crippen LogP contribution in [0.5, 0.6) is 0 Å². The number of cyclic esters (lactones) is 1. The number of hydrogen-bond acceptors (Lipinski definition) is 2. The van der Waals surface area contributed by atoms with Crippen LogP contribution in [0.1, 0.15) is 19.4 Å². The van der Waals surface area contributed by atoms with E-state index >= 15 is 0 Å². The van der Waals surface area contributed by atoms with Gasteiger partial charge >= 0.3 is 5.97 Å². The lowest BCUT2D eigenvalue weighted by Gasteiger charge is -2.32. The van der Waals surface area contributed by atoms with Crippen molar-refractivity contribution in [1.82, 2.24) is 0 Å². The molecule has 1 heterocycles. The van der Waals surface area contributed by atoms with Gasteiger partial charge < -0.3 is 4.74 Å². The normalized spacial score (nSPS) is 22.8. The highest BCUT2D eigenvalue weighted by atomic mass is 35.5. The first kappa shape index (κ1) is 11.2. The number of carbonyl (C=O) groups is 1. The first-order valence-corrected chi connectivity index (χ1v) is 5.65. The molecule has 1 aliphatic rings. The summed E-state index contributed by atoms with van der Waals surface area (Å²) in [6.07, 6.45) is -0.166. The van der Waals surface area contributed by atoms with Gasteiger partial charge in [-0.05, 0) is 11.5 Å². The summed E-state index contributed by atoms with van der Waals surface area (Å²) in [4.78, 5) is 11.4. The number of ether oxygens (including phenoxy) is 1. The van der Waals surface area contributed by atoms with Crippen LogP contribution in [0.2, 0.25) is 0 Å². The third-order valence-corrected chi connectivity index (χ3v) is 3.03. The van der Waals surface area contributed by atoms with Crippen molar-refractivity contribution in [2.75, 3.05) is 0 Å². The Balaban J connectivity index is 2.37. The van der Waals surface area contributed by atoms with E-state index in [2.05, 4.69) is 0 Å². The molecule has 1 aliphatic heterocycles. The first-order valence-electron chi connectivity index (χ1n) is 5.27. The fourth-order valence-corrected chi connectivity index (χ4v) is 2.03. The van der Waals surface area contributed by atoms with E-state index in [1.54, 1.807) is 0 Å². The number of rotatable bonds is 2. The molecule has 16 heavy (non-hydrogen) atoms. The zero-order valence-electron chi connectivity index (χ0n) is 9.24. The molecule has 0 bridgehead atoms. The van der Waals surface area contributed by atoms with Gasteiger partial charge in [0.25, 0.3) is 0 Å². The van der Waals surface area contributed by atoms with E-state index in [0.717, 1.165) is 5.56 Å². The lowest BCUT2D eigenvalue weighted by molar-refractivity contribution is -0.158. The molecular weight excluding hydrogens is 224 g/mol. The van der Waals surface area contributed by atoms with Crippen molar-refractivity contribution in [3.63, 3.8) is 0 Å². The molecule has 1 aromatic rings. The van der Waals surface area contributed by atoms with Crippen molar-refractivity contribution in [2.24, 2.45) is 5.92 Å². The van der Waals surface area contributed by atoms with Gasteiger partial charge in [-0.2, -0.15) is 0 Å². The Bertz CT molecular complexity index is 435. The maximum absolute atomic E-state index is 11.4. The van der Waals surface area contributed by atoms with Crippen molar-refractivity contribution in [3.8, 4) is 0 Å². The number of benzene rings is 1. The molecule has 0 amide bonds. The highest BCUT2D eigenvalue weighted by Crippen LogP contribution is 2.36. The molecule has 0 N–H and O–H groups in total. The lowest BCUT2D eigenvalue weighted by atomic mass is 9.92. The molecule has 1 aromatic carbocycles. The first-order chi connectivity index (χ1) is 7.61.